The van der Waals surface area contributed by atoms with E-state index >= 15 is 0 Å². The molecule has 1 fully saturated rings. The van der Waals surface area contributed by atoms with E-state index in [1.807, 2.05) is 6.08 Å². The van der Waals surface area contributed by atoms with Crippen molar-refractivity contribution in [2.45, 2.75) is 25.4 Å². The molecule has 0 unspecified atom stereocenters. The van der Waals surface area contributed by atoms with Crippen LogP contribution in [0.3, 0.4) is 0 Å². The second kappa shape index (κ2) is 13.0. The second-order valence-corrected chi connectivity index (χ2v) is 21.0. The van der Waals surface area contributed by atoms with Gasteiger partial charge in [0, 0.05) is 6.07 Å². The number of hydrogen-bond acceptors (Lipinski definition) is 8. The maximum atomic E-state index is 14.1. The predicted octanol–water partition coefficient (Wildman–Crippen LogP) is 5.48. The van der Waals surface area contributed by atoms with Gasteiger partial charge >= 0.3 is 181 Å². The molecule has 13 heteroatoms. The zero-order valence-corrected chi connectivity index (χ0v) is 28.3. The average Bonchev–Trinajstić information content (AvgIpc) is 3.84. The van der Waals surface area contributed by atoms with E-state index in [4.69, 9.17) is 15.2 Å². The number of aromatic nitrogens is 4. The number of nitrogens with zero attached hydrogens (tertiary/aromatic N) is 5. The molecule has 7 rings (SSSR count). The van der Waals surface area contributed by atoms with Crippen molar-refractivity contribution in [3.63, 3.8) is 0 Å². The van der Waals surface area contributed by atoms with E-state index in [-0.39, 0.29) is 17.2 Å². The molecule has 5 aromatic rings. The van der Waals surface area contributed by atoms with Gasteiger partial charge in [0.15, 0.2) is 0 Å². The summed E-state index contributed by atoms with van der Waals surface area (Å²) in [7, 11) is 0. The zero-order chi connectivity index (χ0) is 31.1. The maximum absolute atomic E-state index is 14.1. The largest absolute Gasteiger partial charge is 0.870 e. The van der Waals surface area contributed by atoms with Crippen LogP contribution in [-0.4, -0.2) is 65.1 Å². The molecule has 3 N–H and O–H groups in total. The van der Waals surface area contributed by atoms with Gasteiger partial charge in [0.05, 0.1) is 0 Å². The molecule has 0 radical (unpaired) electrons. The minimum atomic E-state index is -1.54. The van der Waals surface area contributed by atoms with Crippen molar-refractivity contribution in [1.82, 2.24) is 19.1 Å². The van der Waals surface area contributed by atoms with Gasteiger partial charge in [-0.1, -0.05) is 6.07 Å². The number of benzene rings is 3. The van der Waals surface area contributed by atoms with Crippen LogP contribution in [0.25, 0.3) is 22.5 Å². The Labute approximate surface area is 271 Å². The summed E-state index contributed by atoms with van der Waals surface area (Å²) in [5.41, 5.74) is 8.11. The summed E-state index contributed by atoms with van der Waals surface area (Å²) >= 11 is -1.54. The number of ether oxygens (including phenoxy) is 2. The van der Waals surface area contributed by atoms with E-state index in [2.05, 4.69) is 14.6 Å². The van der Waals surface area contributed by atoms with Crippen LogP contribution in [-0.2, 0) is 4.79 Å². The first-order chi connectivity index (χ1) is 21.9. The van der Waals surface area contributed by atoms with Gasteiger partial charge < -0.3 is 15.9 Å². The number of allylic oxidation sites excluding steroid dienone is 1. The first kappa shape index (κ1) is 31.4. The summed E-state index contributed by atoms with van der Waals surface area (Å²) in [6.07, 6.45) is 7.77. The number of rotatable bonds is 8. The molecule has 0 atom stereocenters. The maximum Gasteiger partial charge on any atom is -0.870 e. The predicted molar refractivity (Wildman–Crippen MR) is 174 cm³/mol. The quantitative estimate of drug-likeness (QED) is 0.207. The number of carbonyl (C=O) groups is 1. The summed E-state index contributed by atoms with van der Waals surface area (Å²) in [5, 5.41) is 0. The molecule has 0 saturated heterocycles. The molecule has 0 spiro atoms. The third-order valence-corrected chi connectivity index (χ3v) is 17.7. The number of hydrogen-bond donors (Lipinski definition) is 1. The molecule has 1 aliphatic heterocycles. The zero-order valence-electron chi connectivity index (χ0n) is 25.0. The third-order valence-electron chi connectivity index (χ3n) is 8.30. The molecule has 234 valence electrons. The van der Waals surface area contributed by atoms with Crippen molar-refractivity contribution in [3.05, 3.63) is 102 Å². The number of carbonyl (C=O) groups excluding carboxylic acids is 1. The molecule has 1 amide bonds. The molecule has 1 saturated carbocycles. The van der Waals surface area contributed by atoms with E-state index in [1.54, 1.807) is 65.6 Å². The Morgan fingerprint density at radius 3 is 2.61 bits per heavy atom. The standard InChI is InChI=1S/C29H22FN6O4.C3H5.CH3.In.H2O/c1-2-4-25(37)34-13-14-39-24-12-9-20(16-23(24)34)36-28-26(27(31)32-17-33-28)35(29(36)38)19-7-10-21(11-8-19)40-22-6-3-5-18(30)15-22;1-2-3-1;;;/h2-12,15-17H,1,13-14H2,(H2,31,32,33);1H,2-3H2;1H3;;1H2/p-1/b4-2+;;;;. The number of fused-ring (bicyclic) bond motifs is 2. The van der Waals surface area contributed by atoms with Gasteiger partial charge in [-0.05, 0) is 36.4 Å². The fourth-order valence-corrected chi connectivity index (χ4v) is 12.3. The Kier molecular flexibility index (Phi) is 8.87. The van der Waals surface area contributed by atoms with E-state index < -0.39 is 32.9 Å². The summed E-state index contributed by atoms with van der Waals surface area (Å²) in [5.74, 6) is 1.00. The van der Waals surface area contributed by atoms with Gasteiger partial charge in [-0.3, -0.25) is 0 Å². The summed E-state index contributed by atoms with van der Waals surface area (Å²) in [4.78, 5) is 37.7. The molecule has 3 aromatic carbocycles. The van der Waals surface area contributed by atoms with Crippen molar-refractivity contribution in [2.75, 3.05) is 23.8 Å². The number of anilines is 2. The Balaban J connectivity index is 0.00000372. The number of nitrogen functional groups attached to an aromatic ring is 1. The van der Waals surface area contributed by atoms with Crippen LogP contribution in [0.4, 0.5) is 15.9 Å². The van der Waals surface area contributed by atoms with Crippen molar-refractivity contribution in [2.24, 2.45) is 0 Å². The van der Waals surface area contributed by atoms with Gasteiger partial charge in [-0.15, -0.1) is 0 Å². The second-order valence-electron chi connectivity index (χ2n) is 11.4. The van der Waals surface area contributed by atoms with Crippen LogP contribution in [0.5, 0.6) is 17.2 Å². The first-order valence-electron chi connectivity index (χ1n) is 14.9. The molecule has 1 aliphatic carbocycles. The number of imidazole rings is 1. The Bertz CT molecular complexity index is 2010. The van der Waals surface area contributed by atoms with Crippen molar-refractivity contribution in [3.8, 4) is 28.6 Å². The summed E-state index contributed by atoms with van der Waals surface area (Å²) in [6.45, 7) is 0.780. The monoisotopic (exact) mass is 725 g/mol. The Hall–Kier alpha value is -4.62. The van der Waals surface area contributed by atoms with Crippen LogP contribution < -0.4 is 25.8 Å². The molecular formula is C33H31FInN6O5-. The first-order valence-corrected chi connectivity index (χ1v) is 22.4. The van der Waals surface area contributed by atoms with E-state index in [9.17, 15) is 14.0 Å². The molecular weight excluding hydrogens is 694 g/mol. The van der Waals surface area contributed by atoms with Gasteiger partial charge in [-0.2, -0.15) is 0 Å². The molecule has 0 bridgehead atoms. The van der Waals surface area contributed by atoms with E-state index in [1.165, 1.54) is 40.4 Å². The summed E-state index contributed by atoms with van der Waals surface area (Å²) in [6, 6.07) is 17.9. The minimum Gasteiger partial charge on any atom is -0.870 e. The van der Waals surface area contributed by atoms with Crippen molar-refractivity contribution < 1.29 is 24.1 Å². The van der Waals surface area contributed by atoms with Crippen LogP contribution >= 0.6 is 0 Å². The van der Waals surface area contributed by atoms with Gasteiger partial charge in [0.2, 0.25) is 0 Å². The van der Waals surface area contributed by atoms with Gasteiger partial charge in [-0.25, -0.2) is 9.37 Å². The Morgan fingerprint density at radius 1 is 1.07 bits per heavy atom. The number of halogens is 1. The van der Waals surface area contributed by atoms with E-state index in [0.717, 1.165) is 7.85 Å². The third kappa shape index (κ3) is 6.12. The van der Waals surface area contributed by atoms with Crippen molar-refractivity contribution in [1.29, 1.82) is 0 Å². The normalized spacial score (nSPS) is 14.1. The molecule has 2 aromatic heterocycles. The van der Waals surface area contributed by atoms with Gasteiger partial charge in [0.1, 0.15) is 17.3 Å². The molecule has 46 heavy (non-hydrogen) atoms. The molecule has 11 nitrogen and oxygen atoms in total. The fourth-order valence-electron chi connectivity index (χ4n) is 5.75. The fraction of sp³-hybridized carbons (Fsp3) is 0.212. The Morgan fingerprint density at radius 2 is 1.85 bits per heavy atom. The topological polar surface area (TPSA) is 148 Å². The molecule has 3 heterocycles. The average molecular weight is 725 g/mol. The summed E-state index contributed by atoms with van der Waals surface area (Å²) < 4.78 is 32.6. The minimum absolute atomic E-state index is 0. The number of amides is 1. The van der Waals surface area contributed by atoms with Crippen LogP contribution in [0, 0.1) is 5.82 Å². The van der Waals surface area contributed by atoms with Crippen LogP contribution in [0.2, 0.25) is 12.5 Å². The van der Waals surface area contributed by atoms with Crippen molar-refractivity contribution >= 4 is 50.0 Å². The number of nitrogens with two attached hydrogens (primary N) is 1. The van der Waals surface area contributed by atoms with Crippen LogP contribution in [0.1, 0.15) is 12.8 Å². The molecule has 2 aliphatic rings. The SMILES string of the molecule is [CH3][In]([CH2]/C=C/C(=O)N1CCOc2ccc(-n3c(=O)n(-c4ccc(Oc5cccc(F)c5)cc4)c4c(N)ncnc43)cc21)[CH]1CC1.[OH-]. The smallest absolute Gasteiger partial charge is 0.870 e. The van der Waals surface area contributed by atoms with E-state index in [0.29, 0.717) is 58.6 Å². The van der Waals surface area contributed by atoms with Crippen LogP contribution in [0.15, 0.2) is 90.0 Å². The van der Waals surface area contributed by atoms with Gasteiger partial charge in [0.25, 0.3) is 0 Å².